The quantitative estimate of drug-likeness (QED) is 0.408. The summed E-state index contributed by atoms with van der Waals surface area (Å²) in [6.07, 6.45) is 10.8. The number of nitrogens with one attached hydrogen (secondary N) is 1. The van der Waals surface area contributed by atoms with Gasteiger partial charge in [-0.05, 0) is 31.2 Å². The van der Waals surface area contributed by atoms with Crippen molar-refractivity contribution in [2.45, 2.75) is 40.0 Å². The molecule has 0 aliphatic carbocycles. The zero-order chi connectivity index (χ0) is 21.3. The lowest BCUT2D eigenvalue weighted by Crippen LogP contribution is -2.14. The molecule has 0 spiro atoms. The second-order valence-corrected chi connectivity index (χ2v) is 5.91. The van der Waals surface area contributed by atoms with Gasteiger partial charge in [0, 0.05) is 24.7 Å². The Kier molecular flexibility index (Phi) is 12.0. The van der Waals surface area contributed by atoms with Crippen LogP contribution in [0.5, 0.6) is 11.5 Å². The van der Waals surface area contributed by atoms with E-state index in [-0.39, 0.29) is 5.75 Å². The lowest BCUT2D eigenvalue weighted by Gasteiger charge is -2.06. The van der Waals surface area contributed by atoms with Crippen molar-refractivity contribution in [3.8, 4) is 11.5 Å². The first-order chi connectivity index (χ1) is 14.1. The third-order valence-electron chi connectivity index (χ3n) is 3.53. The van der Waals surface area contributed by atoms with Gasteiger partial charge < -0.3 is 20.6 Å². The number of aliphatic imine (C=N–C) groups is 1. The Balaban J connectivity index is 0.000000344. The Morgan fingerprint density at radius 3 is 2.41 bits per heavy atom. The number of phenolic OH excluding ortho intramolecular Hbond substituents is 1. The van der Waals surface area contributed by atoms with Crippen molar-refractivity contribution in [1.82, 2.24) is 15.0 Å². The molecule has 7 nitrogen and oxygen atoms in total. The minimum Gasteiger partial charge on any atom is -0.504 e. The minimum atomic E-state index is 0.0807. The van der Waals surface area contributed by atoms with E-state index in [9.17, 15) is 5.11 Å². The van der Waals surface area contributed by atoms with Crippen LogP contribution in [-0.2, 0) is 0 Å². The topological polar surface area (TPSA) is 109 Å². The molecule has 0 saturated carbocycles. The Labute approximate surface area is 172 Å². The fourth-order valence-corrected chi connectivity index (χ4v) is 2.12. The molecule has 0 saturated heterocycles. The third-order valence-corrected chi connectivity index (χ3v) is 3.53. The molecule has 7 heteroatoms. The maximum atomic E-state index is 9.60. The van der Waals surface area contributed by atoms with Crippen molar-refractivity contribution in [3.05, 3.63) is 67.0 Å². The molecule has 0 radical (unpaired) electrons. The summed E-state index contributed by atoms with van der Waals surface area (Å²) in [6.45, 7) is 6.74. The number of unbranched alkanes of at least 4 members (excludes halogenated alkanes) is 2. The van der Waals surface area contributed by atoms with Crippen LogP contribution in [0, 0.1) is 0 Å². The molecule has 0 aliphatic heterocycles. The van der Waals surface area contributed by atoms with Gasteiger partial charge in [0.25, 0.3) is 0 Å². The summed E-state index contributed by atoms with van der Waals surface area (Å²) in [7, 11) is 0. The zero-order valence-electron chi connectivity index (χ0n) is 17.4. The number of phenols is 1. The number of nitrogens with two attached hydrogens (primary N) is 1. The van der Waals surface area contributed by atoms with Crippen molar-refractivity contribution in [2.75, 3.05) is 6.61 Å². The van der Waals surface area contributed by atoms with E-state index in [4.69, 9.17) is 10.5 Å². The SMILES string of the molecule is CCCCC.CCOc1cc(N=C(N)c2ccccn2)ccc1O.c1c[nH]cn1. The van der Waals surface area contributed by atoms with Gasteiger partial charge in [-0.25, -0.2) is 9.98 Å². The van der Waals surface area contributed by atoms with E-state index in [1.54, 1.807) is 43.1 Å². The summed E-state index contributed by atoms with van der Waals surface area (Å²) in [5.74, 6) is 0.781. The smallest absolute Gasteiger partial charge is 0.163 e. The average molecular weight is 398 g/mol. The fraction of sp³-hybridized carbons (Fsp3) is 0.318. The van der Waals surface area contributed by atoms with Crippen molar-refractivity contribution >= 4 is 11.5 Å². The first-order valence-corrected chi connectivity index (χ1v) is 9.76. The van der Waals surface area contributed by atoms with Crippen LogP contribution >= 0.6 is 0 Å². The number of H-pyrrole nitrogens is 1. The predicted molar refractivity (Wildman–Crippen MR) is 118 cm³/mol. The van der Waals surface area contributed by atoms with Gasteiger partial charge in [-0.1, -0.05) is 39.2 Å². The van der Waals surface area contributed by atoms with E-state index in [0.29, 0.717) is 29.6 Å². The molecule has 1 aromatic carbocycles. The van der Waals surface area contributed by atoms with Crippen LogP contribution in [0.2, 0.25) is 0 Å². The summed E-state index contributed by atoms with van der Waals surface area (Å²) in [5, 5.41) is 9.60. The summed E-state index contributed by atoms with van der Waals surface area (Å²) < 4.78 is 5.29. The van der Waals surface area contributed by atoms with Crippen LogP contribution < -0.4 is 10.5 Å². The number of ether oxygens (including phenoxy) is 1. The molecule has 2 aromatic heterocycles. The number of aromatic hydroxyl groups is 1. The predicted octanol–water partition coefficient (Wildman–Crippen LogP) is 4.83. The Morgan fingerprint density at radius 2 is 1.93 bits per heavy atom. The van der Waals surface area contributed by atoms with Gasteiger partial charge in [-0.3, -0.25) is 4.98 Å². The monoisotopic (exact) mass is 397 g/mol. The van der Waals surface area contributed by atoms with Crippen LogP contribution in [0.15, 0.2) is 66.3 Å². The van der Waals surface area contributed by atoms with Gasteiger partial charge in [-0.2, -0.15) is 0 Å². The first kappa shape index (κ1) is 23.7. The van der Waals surface area contributed by atoms with E-state index in [2.05, 4.69) is 33.8 Å². The molecule has 0 aliphatic rings. The number of nitrogens with zero attached hydrogens (tertiary/aromatic N) is 3. The molecule has 29 heavy (non-hydrogen) atoms. The summed E-state index contributed by atoms with van der Waals surface area (Å²) in [5.41, 5.74) is 7.08. The zero-order valence-corrected chi connectivity index (χ0v) is 17.4. The first-order valence-electron chi connectivity index (χ1n) is 9.76. The van der Waals surface area contributed by atoms with E-state index in [1.807, 2.05) is 19.1 Å². The standard InChI is InChI=1S/C14H15N3O2.C5H12.C3H4N2/c1-2-19-13-9-10(6-7-12(13)18)17-14(15)11-5-3-4-8-16-11;1-3-5-4-2;1-2-5-3-4-1/h3-9,18H,2H2,1H3,(H2,15,17);3-5H2,1-2H3;1-3H,(H,4,5). The number of hydrogen-bond acceptors (Lipinski definition) is 5. The Hall–Kier alpha value is -3.35. The van der Waals surface area contributed by atoms with E-state index in [0.717, 1.165) is 0 Å². The summed E-state index contributed by atoms with van der Waals surface area (Å²) in [6, 6.07) is 10.2. The Morgan fingerprint density at radius 1 is 1.14 bits per heavy atom. The Bertz CT molecular complexity index is 786. The van der Waals surface area contributed by atoms with E-state index < -0.39 is 0 Å². The molecule has 4 N–H and O–H groups in total. The molecule has 0 unspecified atom stereocenters. The molecule has 0 bridgehead atoms. The lowest BCUT2D eigenvalue weighted by molar-refractivity contribution is 0.318. The highest BCUT2D eigenvalue weighted by atomic mass is 16.5. The average Bonchev–Trinajstić information content (AvgIpc) is 3.33. The lowest BCUT2D eigenvalue weighted by atomic mass is 10.2. The number of amidine groups is 1. The molecule has 0 fully saturated rings. The maximum Gasteiger partial charge on any atom is 0.163 e. The number of imidazole rings is 1. The summed E-state index contributed by atoms with van der Waals surface area (Å²) in [4.78, 5) is 14.8. The highest BCUT2D eigenvalue weighted by molar-refractivity contribution is 5.97. The molecule has 0 atom stereocenters. The largest absolute Gasteiger partial charge is 0.504 e. The van der Waals surface area contributed by atoms with Crippen LogP contribution in [0.4, 0.5) is 5.69 Å². The highest BCUT2D eigenvalue weighted by Crippen LogP contribution is 2.30. The number of rotatable bonds is 6. The van der Waals surface area contributed by atoms with Crippen LogP contribution in [0.25, 0.3) is 0 Å². The second-order valence-electron chi connectivity index (χ2n) is 5.91. The van der Waals surface area contributed by atoms with Gasteiger partial charge in [0.1, 0.15) is 11.5 Å². The van der Waals surface area contributed by atoms with Crippen LogP contribution in [0.1, 0.15) is 45.7 Å². The maximum absolute atomic E-state index is 9.60. The molecule has 3 rings (SSSR count). The van der Waals surface area contributed by atoms with Gasteiger partial charge in [0.2, 0.25) is 0 Å². The van der Waals surface area contributed by atoms with Crippen molar-refractivity contribution in [3.63, 3.8) is 0 Å². The van der Waals surface area contributed by atoms with Gasteiger partial charge >= 0.3 is 0 Å². The summed E-state index contributed by atoms with van der Waals surface area (Å²) >= 11 is 0. The van der Waals surface area contributed by atoms with Crippen LogP contribution in [0.3, 0.4) is 0 Å². The van der Waals surface area contributed by atoms with Crippen molar-refractivity contribution in [1.29, 1.82) is 0 Å². The number of benzene rings is 1. The molecule has 2 heterocycles. The van der Waals surface area contributed by atoms with Gasteiger partial charge in [0.15, 0.2) is 11.5 Å². The molecule has 3 aromatic rings. The van der Waals surface area contributed by atoms with Gasteiger partial charge in [-0.15, -0.1) is 0 Å². The fourth-order valence-electron chi connectivity index (χ4n) is 2.12. The van der Waals surface area contributed by atoms with E-state index in [1.165, 1.54) is 25.3 Å². The van der Waals surface area contributed by atoms with Crippen LogP contribution in [-0.4, -0.2) is 32.5 Å². The highest BCUT2D eigenvalue weighted by Gasteiger charge is 2.04. The molecule has 156 valence electrons. The molecular weight excluding hydrogens is 366 g/mol. The molecular formula is C22H31N5O2. The molecule has 0 amide bonds. The number of aromatic nitrogens is 3. The van der Waals surface area contributed by atoms with Crippen molar-refractivity contribution in [2.24, 2.45) is 10.7 Å². The number of aromatic amines is 1. The number of pyridine rings is 1. The van der Waals surface area contributed by atoms with Gasteiger partial charge in [0.05, 0.1) is 18.6 Å². The second kappa shape index (κ2) is 14.7. The normalized spacial score (nSPS) is 10.2. The van der Waals surface area contributed by atoms with E-state index >= 15 is 0 Å². The minimum absolute atomic E-state index is 0.0807. The number of hydrogen-bond donors (Lipinski definition) is 3. The van der Waals surface area contributed by atoms with Crippen molar-refractivity contribution < 1.29 is 9.84 Å². The third kappa shape index (κ3) is 9.95.